The molecule has 0 spiro atoms. The van der Waals surface area contributed by atoms with Gasteiger partial charge >= 0.3 is 12.2 Å². The summed E-state index contributed by atoms with van der Waals surface area (Å²) >= 11 is 0. The number of amides is 4. The fraction of sp³-hybridized carbons (Fsp3) is 0.867. The lowest BCUT2D eigenvalue weighted by Crippen LogP contribution is -2.50. The van der Waals surface area contributed by atoms with Crippen LogP contribution in [0.2, 0.25) is 0 Å². The van der Waals surface area contributed by atoms with Crippen LogP contribution in [0.3, 0.4) is 0 Å². The molecule has 0 aromatic heterocycles. The van der Waals surface area contributed by atoms with Crippen molar-refractivity contribution in [1.82, 2.24) is 21.3 Å². The predicted molar refractivity (Wildman–Crippen MR) is 159 cm³/mol. The SMILES string of the molecule is CCOC(=O)NC(C(=O)NCCCCCCCCCCCCNC(=O)C(NC(=O)OCC)C(C)CC)C(C)CC. The Balaban J connectivity index is 3.87. The van der Waals surface area contributed by atoms with Crippen molar-refractivity contribution >= 4 is 24.0 Å². The topological polar surface area (TPSA) is 135 Å². The molecule has 0 heterocycles. The van der Waals surface area contributed by atoms with Crippen molar-refractivity contribution in [1.29, 1.82) is 0 Å². The van der Waals surface area contributed by atoms with Crippen molar-refractivity contribution in [2.24, 2.45) is 11.8 Å². The maximum Gasteiger partial charge on any atom is 0.407 e. The Labute approximate surface area is 242 Å². The molecule has 0 bridgehead atoms. The molecule has 0 saturated carbocycles. The second kappa shape index (κ2) is 24.3. The van der Waals surface area contributed by atoms with E-state index < -0.39 is 24.3 Å². The zero-order valence-electron chi connectivity index (χ0n) is 26.1. The van der Waals surface area contributed by atoms with Crippen molar-refractivity contribution in [2.75, 3.05) is 26.3 Å². The third-order valence-corrected chi connectivity index (χ3v) is 7.29. The van der Waals surface area contributed by atoms with Crippen molar-refractivity contribution in [3.8, 4) is 0 Å². The molecule has 4 atom stereocenters. The Morgan fingerprint density at radius 3 is 1.10 bits per heavy atom. The molecule has 4 N–H and O–H groups in total. The third kappa shape index (κ3) is 17.9. The van der Waals surface area contributed by atoms with E-state index in [1.807, 2.05) is 27.7 Å². The molecule has 4 amide bonds. The summed E-state index contributed by atoms with van der Waals surface area (Å²) in [5.74, 6) is -0.230. The van der Waals surface area contributed by atoms with Gasteiger partial charge in [0.15, 0.2) is 0 Å². The minimum atomic E-state index is -0.574. The van der Waals surface area contributed by atoms with Crippen LogP contribution in [-0.2, 0) is 19.1 Å². The number of nitrogens with one attached hydrogen (secondary N) is 4. The molecule has 0 fully saturated rings. The van der Waals surface area contributed by atoms with Crippen molar-refractivity contribution in [2.45, 2.75) is 131 Å². The Morgan fingerprint density at radius 1 is 0.525 bits per heavy atom. The maximum atomic E-state index is 12.5. The highest BCUT2D eigenvalue weighted by atomic mass is 16.6. The molecule has 0 aliphatic rings. The number of unbranched alkanes of at least 4 members (excludes halogenated alkanes) is 9. The van der Waals surface area contributed by atoms with Crippen LogP contribution < -0.4 is 21.3 Å². The predicted octanol–water partition coefficient (Wildman–Crippen LogP) is 5.44. The van der Waals surface area contributed by atoms with Crippen LogP contribution in [-0.4, -0.2) is 62.4 Å². The number of ether oxygens (including phenoxy) is 2. The minimum absolute atomic E-state index is 0.0326. The summed E-state index contributed by atoms with van der Waals surface area (Å²) in [6.45, 7) is 13.2. The molecule has 0 aliphatic heterocycles. The Kier molecular flexibility index (Phi) is 22.8. The average Bonchev–Trinajstić information content (AvgIpc) is 2.93. The van der Waals surface area contributed by atoms with E-state index in [4.69, 9.17) is 9.47 Å². The van der Waals surface area contributed by atoms with E-state index in [0.717, 1.165) is 51.4 Å². The van der Waals surface area contributed by atoms with Gasteiger partial charge in [-0.2, -0.15) is 0 Å². The van der Waals surface area contributed by atoms with E-state index in [1.54, 1.807) is 13.8 Å². The van der Waals surface area contributed by atoms with Gasteiger partial charge in [0.25, 0.3) is 0 Å². The van der Waals surface area contributed by atoms with Crippen LogP contribution in [0.25, 0.3) is 0 Å². The molecule has 234 valence electrons. The highest BCUT2D eigenvalue weighted by Crippen LogP contribution is 2.12. The molecule has 40 heavy (non-hydrogen) atoms. The summed E-state index contributed by atoms with van der Waals surface area (Å²) in [4.78, 5) is 48.5. The molecule has 0 aliphatic carbocycles. The first kappa shape index (κ1) is 37.5. The summed E-state index contributed by atoms with van der Waals surface area (Å²) in [5.41, 5.74) is 0. The molecule has 0 rings (SSSR count). The normalized spacial score (nSPS) is 13.8. The molecular formula is C30H58N4O6. The largest absolute Gasteiger partial charge is 0.450 e. The molecule has 10 nitrogen and oxygen atoms in total. The van der Waals surface area contributed by atoms with Gasteiger partial charge < -0.3 is 30.7 Å². The monoisotopic (exact) mass is 570 g/mol. The zero-order valence-corrected chi connectivity index (χ0v) is 26.1. The summed E-state index contributed by atoms with van der Waals surface area (Å²) in [6, 6.07) is -1.15. The van der Waals surface area contributed by atoms with Crippen LogP contribution in [0.5, 0.6) is 0 Å². The van der Waals surface area contributed by atoms with Gasteiger partial charge in [0.1, 0.15) is 12.1 Å². The summed E-state index contributed by atoms with van der Waals surface area (Å²) in [6.07, 6.45) is 11.6. The highest BCUT2D eigenvalue weighted by Gasteiger charge is 2.27. The minimum Gasteiger partial charge on any atom is -0.450 e. The van der Waals surface area contributed by atoms with Gasteiger partial charge in [-0.3, -0.25) is 9.59 Å². The maximum absolute atomic E-state index is 12.5. The van der Waals surface area contributed by atoms with Gasteiger partial charge in [-0.1, -0.05) is 91.9 Å². The molecule has 4 unspecified atom stereocenters. The fourth-order valence-corrected chi connectivity index (χ4v) is 4.31. The van der Waals surface area contributed by atoms with E-state index in [9.17, 15) is 19.2 Å². The second-order valence-electron chi connectivity index (χ2n) is 10.6. The van der Waals surface area contributed by atoms with Crippen molar-refractivity contribution < 1.29 is 28.7 Å². The van der Waals surface area contributed by atoms with E-state index in [2.05, 4.69) is 21.3 Å². The van der Waals surface area contributed by atoms with E-state index >= 15 is 0 Å². The van der Waals surface area contributed by atoms with E-state index in [1.165, 1.54) is 25.7 Å². The van der Waals surface area contributed by atoms with Crippen molar-refractivity contribution in [3.63, 3.8) is 0 Å². The average molecular weight is 571 g/mol. The molecule has 0 aromatic carbocycles. The van der Waals surface area contributed by atoms with E-state index in [0.29, 0.717) is 13.1 Å². The summed E-state index contributed by atoms with van der Waals surface area (Å²) in [5, 5.41) is 11.3. The standard InChI is InChI=1S/C30H58N4O6/c1-7-23(5)25(33-29(37)39-9-3)27(35)31-21-19-17-15-13-11-12-14-16-18-20-22-32-28(36)26(24(6)8-2)34-30(38)40-10-4/h23-26H,7-22H2,1-6H3,(H,31,35)(H,32,36)(H,33,37)(H,34,38). The number of hydrogen-bond donors (Lipinski definition) is 4. The summed E-state index contributed by atoms with van der Waals surface area (Å²) in [7, 11) is 0. The molecular weight excluding hydrogens is 512 g/mol. The second-order valence-corrected chi connectivity index (χ2v) is 10.6. The highest BCUT2D eigenvalue weighted by molar-refractivity contribution is 5.86. The van der Waals surface area contributed by atoms with Crippen molar-refractivity contribution in [3.05, 3.63) is 0 Å². The fourth-order valence-electron chi connectivity index (χ4n) is 4.31. The van der Waals surface area contributed by atoms with Gasteiger partial charge in [0.05, 0.1) is 13.2 Å². The lowest BCUT2D eigenvalue weighted by Gasteiger charge is -2.23. The zero-order chi connectivity index (χ0) is 30.2. The lowest BCUT2D eigenvalue weighted by atomic mass is 9.98. The van der Waals surface area contributed by atoms with Gasteiger partial charge in [0, 0.05) is 13.1 Å². The van der Waals surface area contributed by atoms with Gasteiger partial charge in [-0.15, -0.1) is 0 Å². The Bertz CT molecular complexity index is 648. The smallest absolute Gasteiger partial charge is 0.407 e. The van der Waals surface area contributed by atoms with E-state index in [-0.39, 0.29) is 36.9 Å². The quantitative estimate of drug-likeness (QED) is 0.121. The molecule has 0 saturated heterocycles. The molecule has 0 radical (unpaired) electrons. The molecule has 10 heteroatoms. The molecule has 0 aromatic rings. The Morgan fingerprint density at radius 2 is 0.825 bits per heavy atom. The van der Waals surface area contributed by atoms with Gasteiger partial charge in [-0.05, 0) is 38.5 Å². The van der Waals surface area contributed by atoms with Gasteiger partial charge in [-0.25, -0.2) is 9.59 Å². The first-order valence-corrected chi connectivity index (χ1v) is 15.6. The summed E-state index contributed by atoms with van der Waals surface area (Å²) < 4.78 is 9.85. The van der Waals surface area contributed by atoms with Gasteiger partial charge in [0.2, 0.25) is 11.8 Å². The van der Waals surface area contributed by atoms with Crippen LogP contribution >= 0.6 is 0 Å². The number of carbonyl (C=O) groups is 4. The number of carbonyl (C=O) groups excluding carboxylic acids is 4. The number of alkyl carbamates (subject to hydrolysis) is 2. The lowest BCUT2D eigenvalue weighted by molar-refractivity contribution is -0.125. The van der Waals surface area contributed by atoms with Crippen LogP contribution in [0.1, 0.15) is 119 Å². The van der Waals surface area contributed by atoms with Crippen LogP contribution in [0.4, 0.5) is 9.59 Å². The Hall–Kier alpha value is -2.52. The first-order valence-electron chi connectivity index (χ1n) is 15.6. The third-order valence-electron chi connectivity index (χ3n) is 7.29. The first-order chi connectivity index (χ1) is 19.2. The van der Waals surface area contributed by atoms with Crippen LogP contribution in [0.15, 0.2) is 0 Å². The number of rotatable bonds is 23. The van der Waals surface area contributed by atoms with Crippen LogP contribution in [0, 0.1) is 11.8 Å². The number of hydrogen-bond acceptors (Lipinski definition) is 6.